The monoisotopic (exact) mass is 367 g/mol. The number of nitrogens with two attached hydrogens (primary N) is 1. The Balaban J connectivity index is 2.09. The number of aromatic nitrogens is 1. The van der Waals surface area contributed by atoms with Crippen LogP contribution in [0.25, 0.3) is 10.8 Å². The van der Waals surface area contributed by atoms with Crippen LogP contribution in [0.3, 0.4) is 0 Å². The third-order valence-electron chi connectivity index (χ3n) is 4.24. The third kappa shape index (κ3) is 5.89. The highest BCUT2D eigenvalue weighted by atomic mass is 16.6. The molecule has 1 amide bonds. The first kappa shape index (κ1) is 20.6. The zero-order valence-electron chi connectivity index (χ0n) is 16.9. The number of carbonyl (C=O) groups is 1. The number of hydrogen-bond acceptors (Lipinski definition) is 4. The van der Waals surface area contributed by atoms with Crippen LogP contribution in [-0.2, 0) is 4.74 Å². The second-order valence-electron chi connectivity index (χ2n) is 7.67. The van der Waals surface area contributed by atoms with Gasteiger partial charge in [0.1, 0.15) is 11.4 Å². The Labute approximate surface area is 161 Å². The molecular weight excluding hydrogens is 338 g/mol. The second-order valence-corrected chi connectivity index (χ2v) is 7.67. The summed E-state index contributed by atoms with van der Waals surface area (Å²) < 4.78 is 5.38. The van der Waals surface area contributed by atoms with Crippen LogP contribution in [0.1, 0.15) is 46.1 Å². The molecule has 0 aliphatic carbocycles. The van der Waals surface area contributed by atoms with Gasteiger partial charge in [0.25, 0.3) is 0 Å². The van der Waals surface area contributed by atoms with Crippen molar-refractivity contribution < 1.29 is 9.53 Å². The molecule has 5 nitrogen and oxygen atoms in total. The topological polar surface area (TPSA) is 68.5 Å². The smallest absolute Gasteiger partial charge is 0.410 e. The first-order valence-corrected chi connectivity index (χ1v) is 9.30. The maximum Gasteiger partial charge on any atom is 0.410 e. The van der Waals surface area contributed by atoms with Crippen molar-refractivity contribution in [2.75, 3.05) is 19.3 Å². The first-order chi connectivity index (χ1) is 12.7. The average Bonchev–Trinajstić information content (AvgIpc) is 2.61. The molecule has 2 rings (SSSR count). The van der Waals surface area contributed by atoms with Crippen LogP contribution < -0.4 is 5.73 Å². The van der Waals surface area contributed by atoms with E-state index in [4.69, 9.17) is 10.5 Å². The summed E-state index contributed by atoms with van der Waals surface area (Å²) in [4.78, 5) is 17.9. The molecule has 0 saturated heterocycles. The van der Waals surface area contributed by atoms with Crippen molar-refractivity contribution in [3.05, 3.63) is 36.0 Å². The molecule has 0 spiro atoms. The van der Waals surface area contributed by atoms with E-state index in [9.17, 15) is 4.79 Å². The highest BCUT2D eigenvalue weighted by Gasteiger charge is 2.19. The summed E-state index contributed by atoms with van der Waals surface area (Å²) in [5, 5.41) is 2.03. The molecule has 0 bridgehead atoms. The minimum Gasteiger partial charge on any atom is -0.444 e. The molecule has 0 radical (unpaired) electrons. The molecule has 1 aromatic heterocycles. The van der Waals surface area contributed by atoms with E-state index in [1.807, 2.05) is 45.0 Å². The summed E-state index contributed by atoms with van der Waals surface area (Å²) in [6, 6.07) is 7.95. The number of ether oxygens (including phenoxy) is 1. The van der Waals surface area contributed by atoms with Gasteiger partial charge in [0.15, 0.2) is 0 Å². The lowest BCUT2D eigenvalue weighted by Gasteiger charge is -2.25. The Hall–Kier alpha value is -2.74. The van der Waals surface area contributed by atoms with E-state index in [2.05, 4.69) is 23.7 Å². The van der Waals surface area contributed by atoms with Gasteiger partial charge in [-0.3, -0.25) is 0 Å². The average molecular weight is 367 g/mol. The van der Waals surface area contributed by atoms with Crippen molar-refractivity contribution >= 4 is 22.7 Å². The molecular formula is C22H29N3O2. The Morgan fingerprint density at radius 1 is 1.33 bits per heavy atom. The minimum atomic E-state index is -0.492. The number of carbonyl (C=O) groups excluding carboxylic acids is 1. The lowest BCUT2D eigenvalue weighted by Crippen LogP contribution is -2.35. The van der Waals surface area contributed by atoms with E-state index < -0.39 is 5.60 Å². The van der Waals surface area contributed by atoms with Crippen molar-refractivity contribution in [2.45, 2.75) is 46.1 Å². The fourth-order valence-corrected chi connectivity index (χ4v) is 2.64. The van der Waals surface area contributed by atoms with Gasteiger partial charge in [-0.25, -0.2) is 9.78 Å². The van der Waals surface area contributed by atoms with Gasteiger partial charge in [-0.2, -0.15) is 0 Å². The van der Waals surface area contributed by atoms with Crippen LogP contribution in [0, 0.1) is 17.8 Å². The summed E-state index contributed by atoms with van der Waals surface area (Å²) in [7, 11) is 1.75. The molecule has 5 heteroatoms. The Morgan fingerprint density at radius 3 is 2.70 bits per heavy atom. The van der Waals surface area contributed by atoms with Crippen LogP contribution >= 0.6 is 0 Å². The van der Waals surface area contributed by atoms with E-state index >= 15 is 0 Å². The summed E-state index contributed by atoms with van der Waals surface area (Å²) in [6.07, 6.45) is 3.13. The van der Waals surface area contributed by atoms with Gasteiger partial charge in [0.05, 0.1) is 5.56 Å². The summed E-state index contributed by atoms with van der Waals surface area (Å²) in [6.45, 7) is 8.27. The summed E-state index contributed by atoms with van der Waals surface area (Å²) in [5.41, 5.74) is 6.33. The lowest BCUT2D eigenvalue weighted by molar-refractivity contribution is 0.0293. The zero-order chi connectivity index (χ0) is 20.0. The number of anilines is 1. The number of nitrogen functional groups attached to an aromatic ring is 1. The Kier molecular flexibility index (Phi) is 6.68. The van der Waals surface area contributed by atoms with Gasteiger partial charge in [-0.15, -0.1) is 0 Å². The van der Waals surface area contributed by atoms with Crippen LogP contribution in [0.2, 0.25) is 0 Å². The van der Waals surface area contributed by atoms with Crippen molar-refractivity contribution in [1.82, 2.24) is 9.88 Å². The molecule has 2 aromatic rings. The van der Waals surface area contributed by atoms with Crippen molar-refractivity contribution in [3.63, 3.8) is 0 Å². The largest absolute Gasteiger partial charge is 0.444 e. The molecule has 0 fully saturated rings. The Morgan fingerprint density at radius 2 is 2.04 bits per heavy atom. The number of benzene rings is 1. The molecule has 0 aliphatic rings. The SMILES string of the molecule is CCC(C#Cc1c(N)ncc2ccccc12)CCN(C)C(=O)OC(C)(C)C. The maximum atomic E-state index is 12.1. The third-order valence-corrected chi connectivity index (χ3v) is 4.24. The van der Waals surface area contributed by atoms with Gasteiger partial charge in [0, 0.05) is 36.5 Å². The van der Waals surface area contributed by atoms with Crippen molar-refractivity contribution in [2.24, 2.45) is 5.92 Å². The number of rotatable bonds is 4. The number of pyridine rings is 1. The highest BCUT2D eigenvalue weighted by molar-refractivity contribution is 5.90. The number of amides is 1. The predicted molar refractivity (Wildman–Crippen MR) is 110 cm³/mol. The van der Waals surface area contributed by atoms with E-state index in [-0.39, 0.29) is 12.0 Å². The van der Waals surface area contributed by atoms with Crippen LogP contribution in [-0.4, -0.2) is 35.2 Å². The maximum absolute atomic E-state index is 12.1. The van der Waals surface area contributed by atoms with E-state index in [0.717, 1.165) is 29.2 Å². The minimum absolute atomic E-state index is 0.160. The predicted octanol–water partition coefficient (Wildman–Crippen LogP) is 4.45. The lowest BCUT2D eigenvalue weighted by atomic mass is 10.0. The van der Waals surface area contributed by atoms with Gasteiger partial charge in [-0.05, 0) is 33.6 Å². The molecule has 1 atom stereocenters. The zero-order valence-corrected chi connectivity index (χ0v) is 16.9. The number of fused-ring (bicyclic) bond motifs is 1. The normalized spacial score (nSPS) is 12.2. The summed E-state index contributed by atoms with van der Waals surface area (Å²) >= 11 is 0. The molecule has 0 saturated carbocycles. The molecule has 2 N–H and O–H groups in total. The fraction of sp³-hybridized carbons (Fsp3) is 0.455. The van der Waals surface area contributed by atoms with Gasteiger partial charge in [-0.1, -0.05) is 43.0 Å². The summed E-state index contributed by atoms with van der Waals surface area (Å²) in [5.74, 6) is 7.15. The number of hydrogen-bond donors (Lipinski definition) is 1. The Bertz CT molecular complexity index is 859. The number of nitrogens with zero attached hydrogens (tertiary/aromatic N) is 2. The van der Waals surface area contributed by atoms with Gasteiger partial charge < -0.3 is 15.4 Å². The first-order valence-electron chi connectivity index (χ1n) is 9.30. The van der Waals surface area contributed by atoms with E-state index in [0.29, 0.717) is 12.4 Å². The quantitative estimate of drug-likeness (QED) is 0.811. The molecule has 1 heterocycles. The molecule has 27 heavy (non-hydrogen) atoms. The molecule has 1 unspecified atom stereocenters. The highest BCUT2D eigenvalue weighted by Crippen LogP contribution is 2.21. The standard InChI is InChI=1S/C22H29N3O2/c1-6-16(13-14-25(5)21(26)27-22(2,3)4)11-12-19-18-10-8-7-9-17(18)15-24-20(19)23/h7-10,15-16H,6,13-14H2,1-5H3,(H2,23,24). The molecule has 0 aliphatic heterocycles. The van der Waals surface area contributed by atoms with E-state index in [1.165, 1.54) is 0 Å². The van der Waals surface area contributed by atoms with Crippen molar-refractivity contribution in [3.8, 4) is 11.8 Å². The van der Waals surface area contributed by atoms with Crippen LogP contribution in [0.4, 0.5) is 10.6 Å². The van der Waals surface area contributed by atoms with Gasteiger partial charge >= 0.3 is 6.09 Å². The van der Waals surface area contributed by atoms with Crippen molar-refractivity contribution in [1.29, 1.82) is 0 Å². The van der Waals surface area contributed by atoms with Crippen LogP contribution in [0.15, 0.2) is 30.5 Å². The van der Waals surface area contributed by atoms with E-state index in [1.54, 1.807) is 18.1 Å². The van der Waals surface area contributed by atoms with Gasteiger partial charge in [0.2, 0.25) is 0 Å². The molecule has 1 aromatic carbocycles. The second kappa shape index (κ2) is 8.77. The van der Waals surface area contributed by atoms with Crippen LogP contribution in [0.5, 0.6) is 0 Å². The molecule has 144 valence electrons. The fourth-order valence-electron chi connectivity index (χ4n) is 2.64.